The summed E-state index contributed by atoms with van der Waals surface area (Å²) in [6.07, 6.45) is -2.33. The molecule has 11 nitrogen and oxygen atoms in total. The Labute approximate surface area is 272 Å². The topological polar surface area (TPSA) is 136 Å². The first-order valence-corrected chi connectivity index (χ1v) is 17.0. The van der Waals surface area contributed by atoms with Gasteiger partial charge in [0.25, 0.3) is 0 Å². The standard InChI is InChI=1S/C30H32F4N6O5S2/c1-17-22(31)23(39-47(42,43)15-30(32,33)34)19-9-5-6-10-20(19)24(17)44-26-25(46-16-36-26)21-11-12-35-27(38-21)37-18-8-7-13-40(14-18)28(41)45-29(2,3)4/h5-6,9-12,16,18,39H,7-8,13-15H2,1-4H3,(H,35,37,38)/t18-/m0/s1. The summed E-state index contributed by atoms with van der Waals surface area (Å²) in [5.41, 5.74) is 0.569. The van der Waals surface area contributed by atoms with Gasteiger partial charge in [-0.05, 0) is 46.6 Å². The zero-order valence-electron chi connectivity index (χ0n) is 25.8. The Morgan fingerprint density at radius 2 is 1.85 bits per heavy atom. The monoisotopic (exact) mass is 696 g/mol. The van der Waals surface area contributed by atoms with Crippen molar-refractivity contribution in [2.24, 2.45) is 0 Å². The molecule has 17 heteroatoms. The minimum Gasteiger partial charge on any atom is -0.444 e. The van der Waals surface area contributed by atoms with E-state index in [4.69, 9.17) is 9.47 Å². The molecule has 1 aliphatic rings. The molecule has 0 bridgehead atoms. The van der Waals surface area contributed by atoms with Gasteiger partial charge in [-0.2, -0.15) is 13.2 Å². The van der Waals surface area contributed by atoms with E-state index in [1.54, 1.807) is 28.0 Å². The maximum atomic E-state index is 15.7. The number of carbonyl (C=O) groups is 1. The second-order valence-corrected chi connectivity index (χ2v) is 14.5. The van der Waals surface area contributed by atoms with E-state index >= 15 is 4.39 Å². The van der Waals surface area contributed by atoms with Gasteiger partial charge in [0.05, 0.1) is 16.9 Å². The molecule has 0 radical (unpaired) electrons. The van der Waals surface area contributed by atoms with E-state index in [0.717, 1.165) is 12.8 Å². The predicted molar refractivity (Wildman–Crippen MR) is 170 cm³/mol. The molecular formula is C30H32F4N6O5S2. The van der Waals surface area contributed by atoms with Gasteiger partial charge in [-0.1, -0.05) is 24.3 Å². The molecule has 1 aliphatic heterocycles. The maximum absolute atomic E-state index is 15.7. The molecule has 0 unspecified atom stereocenters. The summed E-state index contributed by atoms with van der Waals surface area (Å²) in [4.78, 5) is 28.0. The molecule has 1 saturated heterocycles. The Bertz CT molecular complexity index is 1900. The largest absolute Gasteiger partial charge is 0.444 e. The van der Waals surface area contributed by atoms with E-state index in [2.05, 4.69) is 20.3 Å². The van der Waals surface area contributed by atoms with Gasteiger partial charge < -0.3 is 19.7 Å². The summed E-state index contributed by atoms with van der Waals surface area (Å²) in [5.74, 6) is -2.89. The fraction of sp³-hybridized carbons (Fsp3) is 0.400. The highest BCUT2D eigenvalue weighted by Crippen LogP contribution is 2.43. The lowest BCUT2D eigenvalue weighted by Gasteiger charge is -2.34. The number of thiazole rings is 1. The van der Waals surface area contributed by atoms with Crippen LogP contribution in [0.5, 0.6) is 11.6 Å². The van der Waals surface area contributed by atoms with Crippen molar-refractivity contribution in [2.45, 2.75) is 58.4 Å². The first-order chi connectivity index (χ1) is 22.0. The van der Waals surface area contributed by atoms with Gasteiger partial charge >= 0.3 is 12.3 Å². The van der Waals surface area contributed by atoms with Crippen LogP contribution < -0.4 is 14.8 Å². The van der Waals surface area contributed by atoms with Gasteiger partial charge in [0.15, 0.2) is 11.6 Å². The van der Waals surface area contributed by atoms with E-state index in [1.807, 2.05) is 20.8 Å². The van der Waals surface area contributed by atoms with Crippen LogP contribution in [0.1, 0.15) is 39.2 Å². The second kappa shape index (κ2) is 13.1. The molecule has 2 aromatic heterocycles. The first-order valence-electron chi connectivity index (χ1n) is 14.5. The second-order valence-electron chi connectivity index (χ2n) is 11.9. The van der Waals surface area contributed by atoms with Gasteiger partial charge in [-0.15, -0.1) is 11.3 Å². The molecule has 2 N–H and O–H groups in total. The molecule has 0 saturated carbocycles. The van der Waals surface area contributed by atoms with Crippen molar-refractivity contribution in [3.63, 3.8) is 0 Å². The molecule has 5 rings (SSSR count). The van der Waals surface area contributed by atoms with E-state index in [0.29, 0.717) is 29.6 Å². The third kappa shape index (κ3) is 8.38. The van der Waals surface area contributed by atoms with Crippen molar-refractivity contribution in [2.75, 3.05) is 28.9 Å². The highest BCUT2D eigenvalue weighted by Gasteiger charge is 2.36. The van der Waals surface area contributed by atoms with Crippen molar-refractivity contribution in [1.29, 1.82) is 0 Å². The maximum Gasteiger partial charge on any atom is 0.410 e. The molecule has 2 aromatic carbocycles. The average Bonchev–Trinajstić information content (AvgIpc) is 3.44. The van der Waals surface area contributed by atoms with Gasteiger partial charge in [-0.25, -0.2) is 32.6 Å². The molecule has 3 heterocycles. The number of piperidine rings is 1. The highest BCUT2D eigenvalue weighted by molar-refractivity contribution is 7.92. The molecule has 1 amide bonds. The Kier molecular flexibility index (Phi) is 9.50. The van der Waals surface area contributed by atoms with E-state index < -0.39 is 45.2 Å². The number of carbonyl (C=O) groups excluding carboxylic acids is 1. The number of hydrogen-bond donors (Lipinski definition) is 2. The number of rotatable bonds is 8. The zero-order valence-corrected chi connectivity index (χ0v) is 27.4. The molecule has 0 aliphatic carbocycles. The third-order valence-corrected chi connectivity index (χ3v) is 9.02. The van der Waals surface area contributed by atoms with Crippen LogP contribution in [0.4, 0.5) is 34.0 Å². The zero-order chi connectivity index (χ0) is 34.1. The summed E-state index contributed by atoms with van der Waals surface area (Å²) in [6.45, 7) is 7.72. The van der Waals surface area contributed by atoms with Gasteiger partial charge in [-0.3, -0.25) is 4.72 Å². The Hall–Kier alpha value is -4.25. The first kappa shape index (κ1) is 34.1. The lowest BCUT2D eigenvalue weighted by atomic mass is 10.0. The molecule has 1 atom stereocenters. The molecule has 47 heavy (non-hydrogen) atoms. The molecular weight excluding hydrogens is 664 g/mol. The van der Waals surface area contributed by atoms with Gasteiger partial charge in [0.1, 0.15) is 16.2 Å². The Balaban J connectivity index is 1.40. The number of amides is 1. The molecule has 4 aromatic rings. The van der Waals surface area contributed by atoms with Gasteiger partial charge in [0.2, 0.25) is 21.9 Å². The van der Waals surface area contributed by atoms with Crippen LogP contribution in [0, 0.1) is 12.7 Å². The van der Waals surface area contributed by atoms with Crippen LogP contribution in [-0.4, -0.2) is 71.0 Å². The number of likely N-dealkylation sites (tertiary alicyclic amines) is 1. The summed E-state index contributed by atoms with van der Waals surface area (Å²) in [5, 5.41) is 3.51. The van der Waals surface area contributed by atoms with Crippen molar-refractivity contribution in [1.82, 2.24) is 19.9 Å². The number of hydrogen-bond acceptors (Lipinski definition) is 10. The Morgan fingerprint density at radius 1 is 1.13 bits per heavy atom. The number of benzene rings is 2. The van der Waals surface area contributed by atoms with Crippen molar-refractivity contribution >= 4 is 49.9 Å². The number of sulfonamides is 1. The quantitative estimate of drug-likeness (QED) is 0.185. The van der Waals surface area contributed by atoms with E-state index in [1.165, 1.54) is 42.0 Å². The number of anilines is 2. The predicted octanol–water partition coefficient (Wildman–Crippen LogP) is 7.11. The van der Waals surface area contributed by atoms with E-state index in [9.17, 15) is 26.4 Å². The van der Waals surface area contributed by atoms with Crippen LogP contribution in [0.15, 0.2) is 42.0 Å². The van der Waals surface area contributed by atoms with Crippen LogP contribution in [-0.2, 0) is 14.8 Å². The van der Waals surface area contributed by atoms with Crippen LogP contribution >= 0.6 is 11.3 Å². The van der Waals surface area contributed by atoms with Crippen molar-refractivity contribution in [3.8, 4) is 22.2 Å². The lowest BCUT2D eigenvalue weighted by molar-refractivity contribution is -0.106. The third-order valence-electron chi connectivity index (χ3n) is 6.97. The molecule has 0 spiro atoms. The number of nitrogens with one attached hydrogen (secondary N) is 2. The number of fused-ring (bicyclic) bond motifs is 1. The fourth-order valence-electron chi connectivity index (χ4n) is 5.04. The molecule has 252 valence electrons. The SMILES string of the molecule is Cc1c(F)c(NS(=O)(=O)CC(F)(F)F)c2ccccc2c1Oc1ncsc1-c1ccnc(N[C@H]2CCCN(C(=O)OC(C)(C)C)C2)n1. The number of halogens is 4. The minimum absolute atomic E-state index is 0.000800. The van der Waals surface area contributed by atoms with Crippen LogP contribution in [0.2, 0.25) is 0 Å². The average molecular weight is 697 g/mol. The van der Waals surface area contributed by atoms with Crippen molar-refractivity contribution < 1.29 is 40.2 Å². The lowest BCUT2D eigenvalue weighted by Crippen LogP contribution is -2.47. The van der Waals surface area contributed by atoms with Crippen molar-refractivity contribution in [3.05, 3.63) is 53.4 Å². The smallest absolute Gasteiger partial charge is 0.410 e. The number of aromatic nitrogens is 3. The summed E-state index contributed by atoms with van der Waals surface area (Å²) in [7, 11) is -4.97. The summed E-state index contributed by atoms with van der Waals surface area (Å²) >= 11 is 1.20. The Morgan fingerprint density at radius 3 is 2.55 bits per heavy atom. The number of nitrogens with zero attached hydrogens (tertiary/aromatic N) is 4. The van der Waals surface area contributed by atoms with Crippen LogP contribution in [0.25, 0.3) is 21.3 Å². The van der Waals surface area contributed by atoms with E-state index in [-0.39, 0.29) is 34.0 Å². The summed E-state index contributed by atoms with van der Waals surface area (Å²) < 4.78 is 92.1. The number of alkyl halides is 3. The number of ether oxygens (including phenoxy) is 2. The minimum atomic E-state index is -5.02. The van der Waals surface area contributed by atoms with Gasteiger partial charge in [0, 0.05) is 41.7 Å². The highest BCUT2D eigenvalue weighted by atomic mass is 32.2. The fourth-order valence-corrected chi connectivity index (χ4v) is 6.74. The molecule has 1 fully saturated rings. The van der Waals surface area contributed by atoms with Crippen LogP contribution in [0.3, 0.4) is 0 Å². The summed E-state index contributed by atoms with van der Waals surface area (Å²) in [6, 6.07) is 7.50. The normalized spacial score (nSPS) is 15.8.